The van der Waals surface area contributed by atoms with Crippen LogP contribution in [0.2, 0.25) is 0 Å². The lowest BCUT2D eigenvalue weighted by molar-refractivity contribution is 0.0472. The van der Waals surface area contributed by atoms with Gasteiger partial charge in [0, 0.05) is 19.1 Å². The van der Waals surface area contributed by atoms with Gasteiger partial charge < -0.3 is 14.6 Å². The average Bonchev–Trinajstić information content (AvgIpc) is 3.52. The minimum Gasteiger partial charge on any atom is -0.497 e. The van der Waals surface area contributed by atoms with Gasteiger partial charge in [0.2, 0.25) is 0 Å². The molecule has 3 rings (SSSR count). The summed E-state index contributed by atoms with van der Waals surface area (Å²) >= 11 is 0. The number of aliphatic hydroxyl groups is 1. The second-order valence-corrected chi connectivity index (χ2v) is 7.13. The van der Waals surface area contributed by atoms with Crippen molar-refractivity contribution >= 4 is 0 Å². The molecule has 0 spiro atoms. The highest BCUT2D eigenvalue weighted by Crippen LogP contribution is 2.35. The minimum atomic E-state index is -0.526. The van der Waals surface area contributed by atoms with E-state index in [0.717, 1.165) is 24.0 Å². The quantitative estimate of drug-likeness (QED) is 0.705. The van der Waals surface area contributed by atoms with Gasteiger partial charge >= 0.3 is 0 Å². The van der Waals surface area contributed by atoms with Crippen LogP contribution >= 0.6 is 0 Å². The Kier molecular flexibility index (Phi) is 6.53. The molecule has 0 aromatic heterocycles. The zero-order valence-electron chi connectivity index (χ0n) is 15.7. The maximum Gasteiger partial charge on any atom is 0.119 e. The van der Waals surface area contributed by atoms with Crippen molar-refractivity contribution in [2.24, 2.45) is 5.92 Å². The lowest BCUT2D eigenvalue weighted by atomic mass is 10.1. The van der Waals surface area contributed by atoms with Gasteiger partial charge in [-0.25, -0.2) is 0 Å². The fourth-order valence-corrected chi connectivity index (χ4v) is 3.26. The smallest absolute Gasteiger partial charge is 0.119 e. The molecular formula is C22H29NO3. The predicted octanol–water partition coefficient (Wildman–Crippen LogP) is 3.74. The molecular weight excluding hydrogens is 326 g/mol. The molecule has 1 saturated carbocycles. The van der Waals surface area contributed by atoms with Crippen molar-refractivity contribution in [1.29, 1.82) is 0 Å². The van der Waals surface area contributed by atoms with Crippen molar-refractivity contribution in [2.45, 2.75) is 38.5 Å². The summed E-state index contributed by atoms with van der Waals surface area (Å²) < 4.78 is 10.9. The molecule has 1 fully saturated rings. The van der Waals surface area contributed by atoms with Crippen LogP contribution in [0.1, 0.15) is 25.3 Å². The van der Waals surface area contributed by atoms with Crippen molar-refractivity contribution in [1.82, 2.24) is 4.90 Å². The number of nitrogens with zero attached hydrogens (tertiary/aromatic N) is 1. The van der Waals surface area contributed by atoms with Gasteiger partial charge in [-0.05, 0) is 55.5 Å². The van der Waals surface area contributed by atoms with Gasteiger partial charge in [-0.15, -0.1) is 0 Å². The van der Waals surface area contributed by atoms with Gasteiger partial charge in [0.15, 0.2) is 0 Å². The summed E-state index contributed by atoms with van der Waals surface area (Å²) in [4.78, 5) is 2.38. The van der Waals surface area contributed by atoms with Crippen LogP contribution in [0.15, 0.2) is 54.6 Å². The van der Waals surface area contributed by atoms with Gasteiger partial charge in [-0.3, -0.25) is 4.90 Å². The number of hydrogen-bond acceptors (Lipinski definition) is 4. The van der Waals surface area contributed by atoms with E-state index in [9.17, 15) is 5.11 Å². The highest BCUT2D eigenvalue weighted by atomic mass is 16.5. The first-order chi connectivity index (χ1) is 12.7. The maximum absolute atomic E-state index is 10.5. The molecule has 2 aromatic carbocycles. The first-order valence-corrected chi connectivity index (χ1v) is 9.38. The number of ether oxygens (including phenoxy) is 2. The second kappa shape index (κ2) is 9.06. The molecule has 2 atom stereocenters. The topological polar surface area (TPSA) is 41.9 Å². The molecule has 0 bridgehead atoms. The molecule has 0 heterocycles. The number of benzene rings is 2. The molecule has 1 aliphatic rings. The summed E-state index contributed by atoms with van der Waals surface area (Å²) in [5, 5.41) is 10.5. The van der Waals surface area contributed by atoms with Crippen LogP contribution in [0.5, 0.6) is 11.5 Å². The third kappa shape index (κ3) is 5.48. The summed E-state index contributed by atoms with van der Waals surface area (Å²) in [5.41, 5.74) is 1.28. The molecule has 0 amide bonds. The molecule has 0 radical (unpaired) electrons. The van der Waals surface area contributed by atoms with E-state index in [-0.39, 0.29) is 6.61 Å². The van der Waals surface area contributed by atoms with Crippen LogP contribution in [0.3, 0.4) is 0 Å². The van der Waals surface area contributed by atoms with Crippen molar-refractivity contribution < 1.29 is 14.6 Å². The number of methoxy groups -OCH3 is 1. The molecule has 140 valence electrons. The maximum atomic E-state index is 10.5. The fraction of sp³-hybridized carbons (Fsp3) is 0.455. The summed E-state index contributed by atoms with van der Waals surface area (Å²) in [6.45, 7) is 4.04. The van der Waals surface area contributed by atoms with E-state index < -0.39 is 6.10 Å². The average molecular weight is 355 g/mol. The van der Waals surface area contributed by atoms with Crippen LogP contribution in [0.4, 0.5) is 0 Å². The molecule has 1 aliphatic carbocycles. The third-order valence-corrected chi connectivity index (χ3v) is 5.06. The Morgan fingerprint density at radius 1 is 1.04 bits per heavy atom. The van der Waals surface area contributed by atoms with Crippen molar-refractivity contribution in [2.75, 3.05) is 20.3 Å². The van der Waals surface area contributed by atoms with Crippen LogP contribution in [-0.4, -0.2) is 42.4 Å². The Bertz CT molecular complexity index is 655. The van der Waals surface area contributed by atoms with Gasteiger partial charge in [0.1, 0.15) is 24.2 Å². The van der Waals surface area contributed by atoms with E-state index in [1.165, 1.54) is 18.4 Å². The molecule has 2 unspecified atom stereocenters. The van der Waals surface area contributed by atoms with Gasteiger partial charge in [0.25, 0.3) is 0 Å². The summed E-state index contributed by atoms with van der Waals surface area (Å²) in [7, 11) is 1.64. The standard InChI is InChI=1S/C22H29NO3/c1-17(19-8-9-19)23(14-18-6-4-3-5-7-18)15-20(24)16-26-22-12-10-21(25-2)11-13-22/h3-7,10-13,17,19-20,24H,8-9,14-16H2,1-2H3. The lowest BCUT2D eigenvalue weighted by Gasteiger charge is -2.31. The van der Waals surface area contributed by atoms with Gasteiger partial charge in [-0.2, -0.15) is 0 Å². The van der Waals surface area contributed by atoms with Crippen LogP contribution in [0.25, 0.3) is 0 Å². The SMILES string of the molecule is COc1ccc(OCC(O)CN(Cc2ccccc2)C(C)C2CC2)cc1. The normalized spacial score (nSPS) is 16.3. The predicted molar refractivity (Wildman–Crippen MR) is 104 cm³/mol. The van der Waals surface area contributed by atoms with E-state index in [1.807, 2.05) is 30.3 Å². The first-order valence-electron chi connectivity index (χ1n) is 9.38. The van der Waals surface area contributed by atoms with E-state index in [4.69, 9.17) is 9.47 Å². The van der Waals surface area contributed by atoms with Gasteiger partial charge in [0.05, 0.1) is 7.11 Å². The van der Waals surface area contributed by atoms with Crippen LogP contribution in [-0.2, 0) is 6.54 Å². The van der Waals surface area contributed by atoms with Crippen molar-refractivity contribution in [3.05, 3.63) is 60.2 Å². The Morgan fingerprint density at radius 2 is 1.69 bits per heavy atom. The van der Waals surface area contributed by atoms with Gasteiger partial charge in [-0.1, -0.05) is 30.3 Å². The zero-order chi connectivity index (χ0) is 18.4. The van der Waals surface area contributed by atoms with E-state index in [1.54, 1.807) is 7.11 Å². The molecule has 2 aromatic rings. The minimum absolute atomic E-state index is 0.287. The summed E-state index contributed by atoms with van der Waals surface area (Å²) in [5.74, 6) is 2.30. The molecule has 4 heteroatoms. The fourth-order valence-electron chi connectivity index (χ4n) is 3.26. The van der Waals surface area contributed by atoms with E-state index >= 15 is 0 Å². The number of rotatable bonds is 10. The first kappa shape index (κ1) is 18.7. The number of hydrogen-bond donors (Lipinski definition) is 1. The second-order valence-electron chi connectivity index (χ2n) is 7.13. The largest absolute Gasteiger partial charge is 0.497 e. The Balaban J connectivity index is 1.54. The van der Waals surface area contributed by atoms with E-state index in [2.05, 4.69) is 36.1 Å². The monoisotopic (exact) mass is 355 g/mol. The van der Waals surface area contributed by atoms with Crippen LogP contribution < -0.4 is 9.47 Å². The Labute approximate surface area is 156 Å². The van der Waals surface area contributed by atoms with Crippen molar-refractivity contribution in [3.63, 3.8) is 0 Å². The van der Waals surface area contributed by atoms with E-state index in [0.29, 0.717) is 12.6 Å². The third-order valence-electron chi connectivity index (χ3n) is 5.06. The van der Waals surface area contributed by atoms with Crippen LogP contribution in [0, 0.1) is 5.92 Å². The lowest BCUT2D eigenvalue weighted by Crippen LogP contribution is -2.41. The summed E-state index contributed by atoms with van der Waals surface area (Å²) in [6, 6.07) is 18.4. The molecule has 0 aliphatic heterocycles. The zero-order valence-corrected chi connectivity index (χ0v) is 15.7. The Hall–Kier alpha value is -2.04. The molecule has 26 heavy (non-hydrogen) atoms. The molecule has 4 nitrogen and oxygen atoms in total. The molecule has 0 saturated heterocycles. The van der Waals surface area contributed by atoms with Crippen molar-refractivity contribution in [3.8, 4) is 11.5 Å². The molecule has 1 N–H and O–H groups in total. The highest BCUT2D eigenvalue weighted by molar-refractivity contribution is 5.31. The summed E-state index contributed by atoms with van der Waals surface area (Å²) in [6.07, 6.45) is 2.07. The Morgan fingerprint density at radius 3 is 2.31 bits per heavy atom. The highest BCUT2D eigenvalue weighted by Gasteiger charge is 2.32. The number of aliphatic hydroxyl groups excluding tert-OH is 1.